The van der Waals surface area contributed by atoms with Crippen LogP contribution in [0.1, 0.15) is 38.7 Å². The predicted molar refractivity (Wildman–Crippen MR) is 83.9 cm³/mol. The van der Waals surface area contributed by atoms with Crippen molar-refractivity contribution in [2.75, 3.05) is 18.0 Å². The number of anilines is 1. The van der Waals surface area contributed by atoms with Crippen LogP contribution in [0, 0.1) is 18.3 Å². The average molecular weight is 271 g/mol. The molecule has 0 aromatic heterocycles. The molecule has 0 aliphatic heterocycles. The van der Waals surface area contributed by atoms with E-state index in [2.05, 4.69) is 54.4 Å². The lowest BCUT2D eigenvalue weighted by molar-refractivity contribution is 0.415. The van der Waals surface area contributed by atoms with Crippen LogP contribution < -0.4 is 10.2 Å². The van der Waals surface area contributed by atoms with Gasteiger partial charge in [0.15, 0.2) is 0 Å². The fraction of sp³-hybridized carbons (Fsp3) is 0.588. The van der Waals surface area contributed by atoms with Crippen LogP contribution in [0.25, 0.3) is 0 Å². The molecule has 1 aliphatic rings. The van der Waals surface area contributed by atoms with Gasteiger partial charge in [0.25, 0.3) is 0 Å². The highest BCUT2D eigenvalue weighted by Gasteiger charge is 2.32. The summed E-state index contributed by atoms with van der Waals surface area (Å²) < 4.78 is 0. The first-order chi connectivity index (χ1) is 9.56. The van der Waals surface area contributed by atoms with Crippen molar-refractivity contribution in [3.05, 3.63) is 29.8 Å². The number of nitriles is 1. The molecule has 1 N–H and O–H groups in total. The number of rotatable bonds is 7. The quantitative estimate of drug-likeness (QED) is 0.827. The van der Waals surface area contributed by atoms with Gasteiger partial charge in [0.2, 0.25) is 0 Å². The molecule has 0 amide bonds. The maximum Gasteiger partial charge on any atom is 0.105 e. The van der Waals surface area contributed by atoms with Gasteiger partial charge in [-0.3, -0.25) is 5.32 Å². The third-order valence-electron chi connectivity index (χ3n) is 3.98. The van der Waals surface area contributed by atoms with Crippen molar-refractivity contribution in [3.8, 4) is 6.07 Å². The minimum atomic E-state index is -0.404. The first-order valence-corrected chi connectivity index (χ1v) is 7.57. The van der Waals surface area contributed by atoms with Crippen molar-refractivity contribution in [2.45, 2.75) is 51.6 Å². The Hall–Kier alpha value is -1.53. The second-order valence-corrected chi connectivity index (χ2v) is 6.03. The Morgan fingerprint density at radius 1 is 1.45 bits per heavy atom. The Morgan fingerprint density at radius 2 is 2.20 bits per heavy atom. The third kappa shape index (κ3) is 3.98. The van der Waals surface area contributed by atoms with Crippen LogP contribution in [-0.2, 0) is 0 Å². The molecule has 1 aromatic rings. The second kappa shape index (κ2) is 6.28. The predicted octanol–water partition coefficient (Wildman–Crippen LogP) is 3.25. The lowest BCUT2D eigenvalue weighted by atomic mass is 9.99. The fourth-order valence-corrected chi connectivity index (χ4v) is 2.49. The number of hydrogen-bond donors (Lipinski definition) is 1. The van der Waals surface area contributed by atoms with Crippen LogP contribution in [0.5, 0.6) is 0 Å². The van der Waals surface area contributed by atoms with Crippen LogP contribution in [0.2, 0.25) is 0 Å². The molecule has 0 heterocycles. The fourth-order valence-electron chi connectivity index (χ4n) is 2.49. The summed E-state index contributed by atoms with van der Waals surface area (Å²) in [6, 6.07) is 11.6. The highest BCUT2D eigenvalue weighted by molar-refractivity contribution is 5.48. The first kappa shape index (κ1) is 14.9. The van der Waals surface area contributed by atoms with Crippen LogP contribution >= 0.6 is 0 Å². The summed E-state index contributed by atoms with van der Waals surface area (Å²) in [5.41, 5.74) is 2.12. The van der Waals surface area contributed by atoms with Gasteiger partial charge in [-0.05, 0) is 57.7 Å². The number of nitrogens with zero attached hydrogens (tertiary/aromatic N) is 2. The van der Waals surface area contributed by atoms with E-state index in [9.17, 15) is 5.26 Å². The second-order valence-electron chi connectivity index (χ2n) is 6.03. The van der Waals surface area contributed by atoms with E-state index in [1.54, 1.807) is 0 Å². The molecule has 1 fully saturated rings. The van der Waals surface area contributed by atoms with Gasteiger partial charge in [-0.1, -0.05) is 12.1 Å². The molecule has 0 saturated heterocycles. The highest BCUT2D eigenvalue weighted by atomic mass is 15.1. The monoisotopic (exact) mass is 271 g/mol. The van der Waals surface area contributed by atoms with Crippen LogP contribution in [0.3, 0.4) is 0 Å². The van der Waals surface area contributed by atoms with Gasteiger partial charge < -0.3 is 4.90 Å². The number of benzene rings is 1. The highest BCUT2D eigenvalue weighted by Crippen LogP contribution is 2.24. The Bertz CT molecular complexity index is 487. The maximum atomic E-state index is 9.43. The lowest BCUT2D eigenvalue weighted by Gasteiger charge is -2.29. The standard InChI is InChI=1S/C17H25N3/c1-4-20(16-7-5-6-14(2)12-16)11-10-17(3,13-18)19-15-8-9-15/h5-7,12,15,19H,4,8-11H2,1-3H3. The summed E-state index contributed by atoms with van der Waals surface area (Å²) in [5, 5.41) is 12.9. The van der Waals surface area contributed by atoms with E-state index in [0.717, 1.165) is 19.5 Å². The summed E-state index contributed by atoms with van der Waals surface area (Å²) in [5.74, 6) is 0. The molecular formula is C17H25N3. The van der Waals surface area contributed by atoms with Crippen molar-refractivity contribution in [1.29, 1.82) is 5.26 Å². The van der Waals surface area contributed by atoms with Gasteiger partial charge in [0, 0.05) is 24.8 Å². The van der Waals surface area contributed by atoms with Crippen molar-refractivity contribution in [1.82, 2.24) is 5.32 Å². The van der Waals surface area contributed by atoms with Crippen LogP contribution in [-0.4, -0.2) is 24.7 Å². The van der Waals surface area contributed by atoms with E-state index in [4.69, 9.17) is 0 Å². The lowest BCUT2D eigenvalue weighted by Crippen LogP contribution is -2.45. The molecule has 0 radical (unpaired) electrons. The van der Waals surface area contributed by atoms with E-state index >= 15 is 0 Å². The smallest absolute Gasteiger partial charge is 0.105 e. The topological polar surface area (TPSA) is 39.1 Å². The van der Waals surface area contributed by atoms with Gasteiger partial charge in [0.05, 0.1) is 6.07 Å². The molecule has 2 rings (SSSR count). The summed E-state index contributed by atoms with van der Waals surface area (Å²) in [6.45, 7) is 8.18. The summed E-state index contributed by atoms with van der Waals surface area (Å²) in [4.78, 5) is 2.34. The van der Waals surface area contributed by atoms with Gasteiger partial charge in [-0.15, -0.1) is 0 Å². The van der Waals surface area contributed by atoms with Crippen molar-refractivity contribution in [2.24, 2.45) is 0 Å². The number of nitrogens with one attached hydrogen (secondary N) is 1. The van der Waals surface area contributed by atoms with Crippen LogP contribution in [0.15, 0.2) is 24.3 Å². The van der Waals surface area contributed by atoms with Crippen molar-refractivity contribution in [3.63, 3.8) is 0 Å². The molecule has 1 aliphatic carbocycles. The van der Waals surface area contributed by atoms with Gasteiger partial charge in [0.1, 0.15) is 5.54 Å². The molecule has 1 unspecified atom stereocenters. The Morgan fingerprint density at radius 3 is 2.75 bits per heavy atom. The number of hydrogen-bond acceptors (Lipinski definition) is 3. The van der Waals surface area contributed by atoms with E-state index in [-0.39, 0.29) is 0 Å². The molecule has 3 nitrogen and oxygen atoms in total. The van der Waals surface area contributed by atoms with Gasteiger partial charge in [-0.25, -0.2) is 0 Å². The van der Waals surface area contributed by atoms with Crippen molar-refractivity contribution < 1.29 is 0 Å². The maximum absolute atomic E-state index is 9.43. The Balaban J connectivity index is 1.97. The van der Waals surface area contributed by atoms with E-state index in [0.29, 0.717) is 6.04 Å². The molecule has 1 aromatic carbocycles. The van der Waals surface area contributed by atoms with Gasteiger partial charge in [-0.2, -0.15) is 5.26 Å². The normalized spacial score (nSPS) is 17.3. The average Bonchev–Trinajstić information content (AvgIpc) is 3.23. The molecule has 3 heteroatoms. The molecule has 1 atom stereocenters. The third-order valence-corrected chi connectivity index (χ3v) is 3.98. The Kier molecular flexibility index (Phi) is 4.67. The molecule has 20 heavy (non-hydrogen) atoms. The van der Waals surface area contributed by atoms with E-state index in [1.165, 1.54) is 24.1 Å². The SMILES string of the molecule is CCN(CCC(C)(C#N)NC1CC1)c1cccc(C)c1. The summed E-state index contributed by atoms with van der Waals surface area (Å²) in [6.07, 6.45) is 3.28. The van der Waals surface area contributed by atoms with E-state index < -0.39 is 5.54 Å². The molecule has 0 spiro atoms. The van der Waals surface area contributed by atoms with Crippen LogP contribution in [0.4, 0.5) is 5.69 Å². The molecule has 108 valence electrons. The zero-order valence-electron chi connectivity index (χ0n) is 12.8. The Labute approximate surface area is 122 Å². The summed E-state index contributed by atoms with van der Waals surface area (Å²) >= 11 is 0. The largest absolute Gasteiger partial charge is 0.372 e. The summed E-state index contributed by atoms with van der Waals surface area (Å²) in [7, 11) is 0. The molecule has 0 bridgehead atoms. The minimum absolute atomic E-state index is 0.404. The number of aryl methyl sites for hydroxylation is 1. The van der Waals surface area contributed by atoms with E-state index in [1.807, 2.05) is 6.92 Å². The van der Waals surface area contributed by atoms with Gasteiger partial charge >= 0.3 is 0 Å². The zero-order chi connectivity index (χ0) is 14.6. The van der Waals surface area contributed by atoms with Crippen molar-refractivity contribution >= 4 is 5.69 Å². The molecule has 1 saturated carbocycles. The molecular weight excluding hydrogens is 246 g/mol. The minimum Gasteiger partial charge on any atom is -0.372 e. The first-order valence-electron chi connectivity index (χ1n) is 7.57. The zero-order valence-corrected chi connectivity index (χ0v) is 12.8.